The SMILES string of the molecule is Cc1cc(CN2CCN(C(=O)C[C@@H]3CCC[C@@H](C)C3)CC2)on1. The van der Waals surface area contributed by atoms with E-state index in [9.17, 15) is 4.79 Å². The topological polar surface area (TPSA) is 49.6 Å². The molecule has 1 amide bonds. The standard InChI is InChI=1S/C18H29N3O2/c1-14-4-3-5-16(10-14)12-18(22)21-8-6-20(7-9-21)13-17-11-15(2)19-23-17/h11,14,16H,3-10,12-13H2,1-2H3/t14-,16-/m1/s1. The van der Waals surface area contributed by atoms with Crippen molar-refractivity contribution in [3.05, 3.63) is 17.5 Å². The number of hydrogen-bond acceptors (Lipinski definition) is 4. The van der Waals surface area contributed by atoms with E-state index in [1.807, 2.05) is 13.0 Å². The maximum atomic E-state index is 12.5. The largest absolute Gasteiger partial charge is 0.360 e. The first-order chi connectivity index (χ1) is 11.1. The Balaban J connectivity index is 1.42. The zero-order valence-corrected chi connectivity index (χ0v) is 14.5. The van der Waals surface area contributed by atoms with Crippen molar-refractivity contribution in [3.8, 4) is 0 Å². The van der Waals surface area contributed by atoms with Gasteiger partial charge in [-0.25, -0.2) is 0 Å². The molecule has 5 nitrogen and oxygen atoms in total. The molecule has 0 radical (unpaired) electrons. The van der Waals surface area contributed by atoms with Crippen LogP contribution in [-0.2, 0) is 11.3 Å². The molecule has 0 bridgehead atoms. The lowest BCUT2D eigenvalue weighted by Gasteiger charge is -2.35. The van der Waals surface area contributed by atoms with Gasteiger partial charge in [0.05, 0.1) is 12.2 Å². The summed E-state index contributed by atoms with van der Waals surface area (Å²) < 4.78 is 5.28. The van der Waals surface area contributed by atoms with Crippen molar-refractivity contribution in [1.29, 1.82) is 0 Å². The summed E-state index contributed by atoms with van der Waals surface area (Å²) in [5.74, 6) is 2.68. The summed E-state index contributed by atoms with van der Waals surface area (Å²) in [5, 5.41) is 3.93. The predicted molar refractivity (Wildman–Crippen MR) is 88.8 cm³/mol. The maximum absolute atomic E-state index is 12.5. The van der Waals surface area contributed by atoms with Gasteiger partial charge >= 0.3 is 0 Å². The molecule has 2 atom stereocenters. The van der Waals surface area contributed by atoms with E-state index in [1.165, 1.54) is 25.7 Å². The molecule has 2 fully saturated rings. The minimum Gasteiger partial charge on any atom is -0.360 e. The van der Waals surface area contributed by atoms with Gasteiger partial charge < -0.3 is 9.42 Å². The van der Waals surface area contributed by atoms with E-state index < -0.39 is 0 Å². The summed E-state index contributed by atoms with van der Waals surface area (Å²) in [6, 6.07) is 1.99. The average Bonchev–Trinajstić information content (AvgIpc) is 2.93. The van der Waals surface area contributed by atoms with E-state index in [1.54, 1.807) is 0 Å². The van der Waals surface area contributed by atoms with Crippen molar-refractivity contribution < 1.29 is 9.32 Å². The molecule has 1 aliphatic carbocycles. The Hall–Kier alpha value is -1.36. The third-order valence-electron chi connectivity index (χ3n) is 5.29. The first kappa shape index (κ1) is 16.5. The third-order valence-corrected chi connectivity index (χ3v) is 5.29. The van der Waals surface area contributed by atoms with Crippen LogP contribution in [0.3, 0.4) is 0 Å². The Labute approximate surface area is 139 Å². The average molecular weight is 319 g/mol. The van der Waals surface area contributed by atoms with Crippen LogP contribution in [0.1, 0.15) is 50.5 Å². The van der Waals surface area contributed by atoms with E-state index in [0.717, 1.165) is 56.5 Å². The van der Waals surface area contributed by atoms with Crippen LogP contribution in [0.15, 0.2) is 10.6 Å². The fraction of sp³-hybridized carbons (Fsp3) is 0.778. The molecule has 1 aliphatic heterocycles. The van der Waals surface area contributed by atoms with Gasteiger partial charge in [0.15, 0.2) is 5.76 Å². The summed E-state index contributed by atoms with van der Waals surface area (Å²) >= 11 is 0. The molecule has 23 heavy (non-hydrogen) atoms. The van der Waals surface area contributed by atoms with Crippen LogP contribution in [0, 0.1) is 18.8 Å². The molecule has 2 aliphatic rings. The molecule has 0 N–H and O–H groups in total. The van der Waals surface area contributed by atoms with E-state index >= 15 is 0 Å². The molecule has 1 aromatic heterocycles. The van der Waals surface area contributed by atoms with E-state index in [-0.39, 0.29) is 0 Å². The summed E-state index contributed by atoms with van der Waals surface area (Å²) in [4.78, 5) is 16.9. The molecule has 0 unspecified atom stereocenters. The quantitative estimate of drug-likeness (QED) is 0.856. The number of rotatable bonds is 4. The van der Waals surface area contributed by atoms with Crippen molar-refractivity contribution in [1.82, 2.24) is 15.0 Å². The van der Waals surface area contributed by atoms with Gasteiger partial charge in [-0.3, -0.25) is 9.69 Å². The molecule has 5 heteroatoms. The molecule has 1 saturated heterocycles. The predicted octanol–water partition coefficient (Wildman–Crippen LogP) is 2.84. The molecule has 0 spiro atoms. The van der Waals surface area contributed by atoms with Gasteiger partial charge in [0.1, 0.15) is 0 Å². The summed E-state index contributed by atoms with van der Waals surface area (Å²) in [5.41, 5.74) is 0.926. The molecular formula is C18H29N3O2. The van der Waals surface area contributed by atoms with Crippen molar-refractivity contribution in [2.45, 2.75) is 52.5 Å². The molecule has 0 aromatic carbocycles. The second kappa shape index (κ2) is 7.47. The first-order valence-corrected chi connectivity index (χ1v) is 9.02. The zero-order chi connectivity index (χ0) is 16.2. The lowest BCUT2D eigenvalue weighted by molar-refractivity contribution is -0.134. The number of nitrogens with zero attached hydrogens (tertiary/aromatic N) is 3. The van der Waals surface area contributed by atoms with Crippen molar-refractivity contribution in [2.24, 2.45) is 11.8 Å². The van der Waals surface area contributed by atoms with Crippen LogP contribution in [0.2, 0.25) is 0 Å². The smallest absolute Gasteiger partial charge is 0.222 e. The number of aryl methyl sites for hydroxylation is 1. The number of amides is 1. The number of piperazine rings is 1. The summed E-state index contributed by atoms with van der Waals surface area (Å²) in [7, 11) is 0. The van der Waals surface area contributed by atoms with Crippen LogP contribution in [0.25, 0.3) is 0 Å². The van der Waals surface area contributed by atoms with Crippen LogP contribution >= 0.6 is 0 Å². The third kappa shape index (κ3) is 4.56. The fourth-order valence-electron chi connectivity index (χ4n) is 3.99. The molecule has 3 rings (SSSR count). The number of carbonyl (C=O) groups excluding carboxylic acids is 1. The maximum Gasteiger partial charge on any atom is 0.222 e. The minimum atomic E-state index is 0.360. The van der Waals surface area contributed by atoms with Gasteiger partial charge in [-0.1, -0.05) is 24.9 Å². The van der Waals surface area contributed by atoms with Gasteiger partial charge in [-0.05, 0) is 31.6 Å². The first-order valence-electron chi connectivity index (χ1n) is 9.02. The van der Waals surface area contributed by atoms with Crippen LogP contribution in [-0.4, -0.2) is 47.0 Å². The molecule has 128 valence electrons. The van der Waals surface area contributed by atoms with Gasteiger partial charge in [0.25, 0.3) is 0 Å². The highest BCUT2D eigenvalue weighted by atomic mass is 16.5. The molecule has 2 heterocycles. The highest BCUT2D eigenvalue weighted by molar-refractivity contribution is 5.76. The van der Waals surface area contributed by atoms with Crippen LogP contribution < -0.4 is 0 Å². The van der Waals surface area contributed by atoms with Crippen molar-refractivity contribution in [2.75, 3.05) is 26.2 Å². The Bertz CT molecular complexity index is 520. The molecule has 1 saturated carbocycles. The second-order valence-corrected chi connectivity index (χ2v) is 7.43. The van der Waals surface area contributed by atoms with Gasteiger partial charge in [-0.2, -0.15) is 0 Å². The number of aromatic nitrogens is 1. The van der Waals surface area contributed by atoms with Gasteiger partial charge in [0, 0.05) is 38.7 Å². The van der Waals surface area contributed by atoms with Crippen LogP contribution in [0.4, 0.5) is 0 Å². The Morgan fingerprint density at radius 1 is 1.30 bits per heavy atom. The normalized spacial score (nSPS) is 26.4. The number of carbonyl (C=O) groups is 1. The lowest BCUT2D eigenvalue weighted by Crippen LogP contribution is -2.48. The highest BCUT2D eigenvalue weighted by Crippen LogP contribution is 2.31. The fourth-order valence-corrected chi connectivity index (χ4v) is 3.99. The summed E-state index contributed by atoms with van der Waals surface area (Å²) in [6.45, 7) is 8.58. The monoisotopic (exact) mass is 319 g/mol. The summed E-state index contributed by atoms with van der Waals surface area (Å²) in [6.07, 6.45) is 5.86. The van der Waals surface area contributed by atoms with Crippen LogP contribution in [0.5, 0.6) is 0 Å². The lowest BCUT2D eigenvalue weighted by atomic mass is 9.80. The minimum absolute atomic E-state index is 0.360. The van der Waals surface area contributed by atoms with E-state index in [4.69, 9.17) is 4.52 Å². The van der Waals surface area contributed by atoms with Crippen molar-refractivity contribution in [3.63, 3.8) is 0 Å². The molecule has 1 aromatic rings. The molecular weight excluding hydrogens is 290 g/mol. The second-order valence-electron chi connectivity index (χ2n) is 7.43. The van der Waals surface area contributed by atoms with Crippen molar-refractivity contribution >= 4 is 5.91 Å². The van der Waals surface area contributed by atoms with E-state index in [2.05, 4.69) is 21.9 Å². The van der Waals surface area contributed by atoms with Gasteiger partial charge in [0.2, 0.25) is 5.91 Å². The van der Waals surface area contributed by atoms with Gasteiger partial charge in [-0.15, -0.1) is 0 Å². The number of hydrogen-bond donors (Lipinski definition) is 0. The Morgan fingerprint density at radius 2 is 2.09 bits per heavy atom. The Morgan fingerprint density at radius 3 is 2.74 bits per heavy atom. The Kier molecular flexibility index (Phi) is 5.36. The van der Waals surface area contributed by atoms with E-state index in [0.29, 0.717) is 11.8 Å². The zero-order valence-electron chi connectivity index (χ0n) is 14.5. The highest BCUT2D eigenvalue weighted by Gasteiger charge is 2.26.